The molecule has 0 unspecified atom stereocenters. The van der Waals surface area contributed by atoms with Crippen molar-refractivity contribution in [2.24, 2.45) is 0 Å². The van der Waals surface area contributed by atoms with E-state index in [4.69, 9.17) is 0 Å². The molecule has 0 spiro atoms. The third-order valence-electron chi connectivity index (χ3n) is 2.60. The molecule has 0 amide bonds. The lowest BCUT2D eigenvalue weighted by molar-refractivity contribution is 0.703. The van der Waals surface area contributed by atoms with Crippen LogP contribution in [0.25, 0.3) is 0 Å². The number of hydrogen-bond acceptors (Lipinski definition) is 2. The van der Waals surface area contributed by atoms with Crippen LogP contribution in [-0.4, -0.2) is 17.6 Å². The zero-order chi connectivity index (χ0) is 9.42. The van der Waals surface area contributed by atoms with Gasteiger partial charge in [0.2, 0.25) is 0 Å². The van der Waals surface area contributed by atoms with Crippen molar-refractivity contribution in [1.29, 1.82) is 0 Å². The SMILES string of the molecule is Cc1cnc2c(c1)CCN2C(C)C. The fraction of sp³-hybridized carbons (Fsp3) is 0.545. The summed E-state index contributed by atoms with van der Waals surface area (Å²) in [7, 11) is 0. The Hall–Kier alpha value is -1.05. The van der Waals surface area contributed by atoms with Crippen LogP contribution in [-0.2, 0) is 6.42 Å². The van der Waals surface area contributed by atoms with Crippen LogP contribution < -0.4 is 4.90 Å². The summed E-state index contributed by atoms with van der Waals surface area (Å²) in [5, 5.41) is 0. The van der Waals surface area contributed by atoms with Gasteiger partial charge in [0.15, 0.2) is 0 Å². The number of rotatable bonds is 1. The molecular formula is C11H16N2. The van der Waals surface area contributed by atoms with E-state index >= 15 is 0 Å². The normalized spacial score (nSPS) is 15.2. The van der Waals surface area contributed by atoms with Crippen molar-refractivity contribution in [2.45, 2.75) is 33.2 Å². The molecule has 0 radical (unpaired) electrons. The fourth-order valence-electron chi connectivity index (χ4n) is 1.91. The van der Waals surface area contributed by atoms with Gasteiger partial charge in [-0.15, -0.1) is 0 Å². The average Bonchev–Trinajstić information content (AvgIpc) is 2.46. The summed E-state index contributed by atoms with van der Waals surface area (Å²) in [5.41, 5.74) is 2.68. The minimum absolute atomic E-state index is 0.566. The van der Waals surface area contributed by atoms with Gasteiger partial charge < -0.3 is 4.90 Å². The average molecular weight is 176 g/mol. The summed E-state index contributed by atoms with van der Waals surface area (Å²) in [5.74, 6) is 1.20. The van der Waals surface area contributed by atoms with Crippen LogP contribution in [0.4, 0.5) is 5.82 Å². The lowest BCUT2D eigenvalue weighted by atomic mass is 10.2. The summed E-state index contributed by atoms with van der Waals surface area (Å²) >= 11 is 0. The van der Waals surface area contributed by atoms with Crippen molar-refractivity contribution in [2.75, 3.05) is 11.4 Å². The van der Waals surface area contributed by atoms with Crippen LogP contribution in [0.15, 0.2) is 12.3 Å². The Morgan fingerprint density at radius 2 is 2.23 bits per heavy atom. The fourth-order valence-corrected chi connectivity index (χ4v) is 1.91. The zero-order valence-corrected chi connectivity index (χ0v) is 8.54. The summed E-state index contributed by atoms with van der Waals surface area (Å²) in [6, 6.07) is 2.82. The highest BCUT2D eigenvalue weighted by Gasteiger charge is 2.21. The lowest BCUT2D eigenvalue weighted by Crippen LogP contribution is -2.28. The molecule has 0 aliphatic carbocycles. The van der Waals surface area contributed by atoms with Crippen LogP contribution in [0.3, 0.4) is 0 Å². The Balaban J connectivity index is 2.38. The van der Waals surface area contributed by atoms with Crippen molar-refractivity contribution in [3.8, 4) is 0 Å². The molecule has 1 aromatic rings. The third kappa shape index (κ3) is 1.41. The lowest BCUT2D eigenvalue weighted by Gasteiger charge is -2.22. The maximum atomic E-state index is 4.49. The van der Waals surface area contributed by atoms with Crippen LogP contribution in [0.5, 0.6) is 0 Å². The number of aromatic nitrogens is 1. The summed E-state index contributed by atoms with van der Waals surface area (Å²) in [4.78, 5) is 6.86. The maximum absolute atomic E-state index is 4.49. The Labute approximate surface area is 79.6 Å². The van der Waals surface area contributed by atoms with E-state index in [2.05, 4.69) is 36.7 Å². The monoisotopic (exact) mass is 176 g/mol. The molecule has 0 aromatic carbocycles. The molecule has 0 fully saturated rings. The number of aryl methyl sites for hydroxylation is 1. The number of hydrogen-bond donors (Lipinski definition) is 0. The Morgan fingerprint density at radius 1 is 1.46 bits per heavy atom. The zero-order valence-electron chi connectivity index (χ0n) is 8.54. The van der Waals surface area contributed by atoms with E-state index in [1.807, 2.05) is 6.20 Å². The number of anilines is 1. The Morgan fingerprint density at radius 3 is 2.92 bits per heavy atom. The Kier molecular flexibility index (Phi) is 1.98. The first-order valence-electron chi connectivity index (χ1n) is 4.90. The summed E-state index contributed by atoms with van der Waals surface area (Å²) in [6.45, 7) is 7.67. The van der Waals surface area contributed by atoms with Crippen molar-refractivity contribution in [3.05, 3.63) is 23.4 Å². The van der Waals surface area contributed by atoms with Gasteiger partial charge in [-0.3, -0.25) is 0 Å². The van der Waals surface area contributed by atoms with E-state index in [0.717, 1.165) is 13.0 Å². The molecule has 2 heteroatoms. The molecule has 2 rings (SSSR count). The van der Waals surface area contributed by atoms with Gasteiger partial charge in [-0.25, -0.2) is 4.98 Å². The van der Waals surface area contributed by atoms with E-state index in [-0.39, 0.29) is 0 Å². The predicted octanol–water partition coefficient (Wildman–Crippen LogP) is 2.16. The van der Waals surface area contributed by atoms with Gasteiger partial charge in [0.25, 0.3) is 0 Å². The van der Waals surface area contributed by atoms with Gasteiger partial charge in [-0.05, 0) is 38.3 Å². The standard InChI is InChI=1S/C11H16N2/c1-8(2)13-5-4-10-6-9(3)7-12-11(10)13/h6-8H,4-5H2,1-3H3. The highest BCUT2D eigenvalue weighted by atomic mass is 15.2. The van der Waals surface area contributed by atoms with Crippen LogP contribution in [0, 0.1) is 6.92 Å². The Bertz CT molecular complexity index is 318. The molecule has 0 saturated heterocycles. The number of pyridine rings is 1. The quantitative estimate of drug-likeness (QED) is 0.652. The summed E-state index contributed by atoms with van der Waals surface area (Å²) in [6.07, 6.45) is 3.11. The molecule has 70 valence electrons. The van der Waals surface area contributed by atoms with Gasteiger partial charge >= 0.3 is 0 Å². The highest BCUT2D eigenvalue weighted by Crippen LogP contribution is 2.27. The van der Waals surface area contributed by atoms with E-state index in [1.54, 1.807) is 0 Å². The second-order valence-corrected chi connectivity index (χ2v) is 4.03. The second-order valence-electron chi connectivity index (χ2n) is 4.03. The van der Waals surface area contributed by atoms with Gasteiger partial charge in [0.05, 0.1) is 0 Å². The first-order chi connectivity index (χ1) is 6.18. The van der Waals surface area contributed by atoms with E-state index in [1.165, 1.54) is 16.9 Å². The first kappa shape index (κ1) is 8.54. The van der Waals surface area contributed by atoms with Gasteiger partial charge in [0, 0.05) is 18.8 Å². The second kappa shape index (κ2) is 3.02. The number of fused-ring (bicyclic) bond motifs is 1. The molecule has 1 aliphatic heterocycles. The third-order valence-corrected chi connectivity index (χ3v) is 2.60. The molecule has 0 atom stereocenters. The van der Waals surface area contributed by atoms with Crippen molar-refractivity contribution < 1.29 is 0 Å². The smallest absolute Gasteiger partial charge is 0.132 e. The molecule has 0 bridgehead atoms. The maximum Gasteiger partial charge on any atom is 0.132 e. The van der Waals surface area contributed by atoms with Crippen molar-refractivity contribution >= 4 is 5.82 Å². The molecular weight excluding hydrogens is 160 g/mol. The van der Waals surface area contributed by atoms with E-state index in [9.17, 15) is 0 Å². The number of nitrogens with zero attached hydrogens (tertiary/aromatic N) is 2. The van der Waals surface area contributed by atoms with Crippen LogP contribution in [0.1, 0.15) is 25.0 Å². The molecule has 2 nitrogen and oxygen atoms in total. The molecule has 1 aromatic heterocycles. The molecule has 1 aliphatic rings. The van der Waals surface area contributed by atoms with Crippen LogP contribution >= 0.6 is 0 Å². The largest absolute Gasteiger partial charge is 0.354 e. The van der Waals surface area contributed by atoms with E-state index < -0.39 is 0 Å². The highest BCUT2D eigenvalue weighted by molar-refractivity contribution is 5.53. The van der Waals surface area contributed by atoms with Crippen molar-refractivity contribution in [1.82, 2.24) is 4.98 Å². The molecule has 2 heterocycles. The topological polar surface area (TPSA) is 16.1 Å². The minimum Gasteiger partial charge on any atom is -0.354 e. The first-order valence-corrected chi connectivity index (χ1v) is 4.90. The van der Waals surface area contributed by atoms with Gasteiger partial charge in [-0.2, -0.15) is 0 Å². The van der Waals surface area contributed by atoms with E-state index in [0.29, 0.717) is 6.04 Å². The minimum atomic E-state index is 0.566. The van der Waals surface area contributed by atoms with Crippen molar-refractivity contribution in [3.63, 3.8) is 0 Å². The summed E-state index contributed by atoms with van der Waals surface area (Å²) < 4.78 is 0. The predicted molar refractivity (Wildman–Crippen MR) is 55.2 cm³/mol. The van der Waals surface area contributed by atoms with Crippen LogP contribution in [0.2, 0.25) is 0 Å². The molecule has 0 N–H and O–H groups in total. The van der Waals surface area contributed by atoms with Gasteiger partial charge in [0.1, 0.15) is 5.82 Å². The molecule has 0 saturated carbocycles. The van der Waals surface area contributed by atoms with Gasteiger partial charge in [-0.1, -0.05) is 6.07 Å². The molecule has 13 heavy (non-hydrogen) atoms.